The normalized spacial score (nSPS) is 10.3. The first-order chi connectivity index (χ1) is 8.68. The number of para-hydroxylation sites is 1. The molecule has 0 heterocycles. The molecular formula is C14H14BrFN2. The fourth-order valence-corrected chi connectivity index (χ4v) is 2.21. The fourth-order valence-electron chi connectivity index (χ4n) is 1.72. The number of nitrogens with two attached hydrogens (primary N) is 1. The van der Waals surface area contributed by atoms with Crippen LogP contribution in [0.2, 0.25) is 0 Å². The van der Waals surface area contributed by atoms with Crippen molar-refractivity contribution in [3.8, 4) is 0 Å². The van der Waals surface area contributed by atoms with E-state index in [-0.39, 0.29) is 11.5 Å². The van der Waals surface area contributed by atoms with Crippen LogP contribution in [0.3, 0.4) is 0 Å². The van der Waals surface area contributed by atoms with E-state index in [1.807, 2.05) is 18.2 Å². The van der Waals surface area contributed by atoms with Crippen molar-refractivity contribution in [1.82, 2.24) is 0 Å². The van der Waals surface area contributed by atoms with Crippen molar-refractivity contribution in [3.05, 3.63) is 58.3 Å². The quantitative estimate of drug-likeness (QED) is 0.843. The predicted octanol–water partition coefficient (Wildman–Crippen LogP) is 3.83. The number of halogens is 2. The molecule has 94 valence electrons. The largest absolute Gasteiger partial charge is 0.395 e. The van der Waals surface area contributed by atoms with E-state index >= 15 is 0 Å². The van der Waals surface area contributed by atoms with Gasteiger partial charge in [0, 0.05) is 11.0 Å². The van der Waals surface area contributed by atoms with Crippen LogP contribution in [0.4, 0.5) is 15.8 Å². The number of rotatable bonds is 4. The zero-order chi connectivity index (χ0) is 13.0. The van der Waals surface area contributed by atoms with Gasteiger partial charge < -0.3 is 11.1 Å². The van der Waals surface area contributed by atoms with Crippen molar-refractivity contribution >= 4 is 27.3 Å². The topological polar surface area (TPSA) is 38.0 Å². The highest BCUT2D eigenvalue weighted by Crippen LogP contribution is 2.21. The summed E-state index contributed by atoms with van der Waals surface area (Å²) in [4.78, 5) is 0. The number of hydrogen-bond donors (Lipinski definition) is 2. The van der Waals surface area contributed by atoms with Crippen LogP contribution in [0, 0.1) is 5.82 Å². The van der Waals surface area contributed by atoms with Gasteiger partial charge in [-0.05, 0) is 30.2 Å². The third kappa shape index (κ3) is 3.01. The van der Waals surface area contributed by atoms with Crippen molar-refractivity contribution in [3.63, 3.8) is 0 Å². The molecule has 0 aromatic heterocycles. The molecule has 0 atom stereocenters. The molecule has 0 fully saturated rings. The number of nitrogens with one attached hydrogen (secondary N) is 1. The Morgan fingerprint density at radius 1 is 1.11 bits per heavy atom. The minimum Gasteiger partial charge on any atom is -0.395 e. The molecule has 0 amide bonds. The maximum absolute atomic E-state index is 13.2. The average molecular weight is 309 g/mol. The molecule has 0 unspecified atom stereocenters. The second-order valence-corrected chi connectivity index (χ2v) is 4.82. The number of nitrogen functional groups attached to an aromatic ring is 1. The molecule has 0 aliphatic heterocycles. The Labute approximate surface area is 114 Å². The second-order valence-electron chi connectivity index (χ2n) is 3.97. The molecule has 3 N–H and O–H groups in total. The Kier molecular flexibility index (Phi) is 4.20. The summed E-state index contributed by atoms with van der Waals surface area (Å²) >= 11 is 3.50. The lowest BCUT2D eigenvalue weighted by Crippen LogP contribution is -2.08. The lowest BCUT2D eigenvalue weighted by molar-refractivity contribution is 0.633. The van der Waals surface area contributed by atoms with E-state index in [1.165, 1.54) is 11.6 Å². The van der Waals surface area contributed by atoms with E-state index in [0.717, 1.165) is 10.9 Å². The van der Waals surface area contributed by atoms with Crippen LogP contribution < -0.4 is 11.1 Å². The first kappa shape index (κ1) is 12.9. The summed E-state index contributed by atoms with van der Waals surface area (Å²) in [7, 11) is 0. The molecule has 2 aromatic rings. The van der Waals surface area contributed by atoms with Crippen LogP contribution in [0.15, 0.2) is 46.9 Å². The highest BCUT2D eigenvalue weighted by molar-refractivity contribution is 9.10. The van der Waals surface area contributed by atoms with E-state index in [2.05, 4.69) is 27.3 Å². The maximum atomic E-state index is 13.2. The summed E-state index contributed by atoms with van der Waals surface area (Å²) in [6, 6.07) is 12.8. The molecule has 2 aromatic carbocycles. The fraction of sp³-hybridized carbons (Fsp3) is 0.143. The van der Waals surface area contributed by atoms with E-state index in [0.29, 0.717) is 12.2 Å². The molecule has 0 bridgehead atoms. The van der Waals surface area contributed by atoms with Crippen LogP contribution in [-0.4, -0.2) is 6.54 Å². The monoisotopic (exact) mass is 308 g/mol. The number of hydrogen-bond acceptors (Lipinski definition) is 2. The molecule has 4 heteroatoms. The van der Waals surface area contributed by atoms with Gasteiger partial charge in [-0.25, -0.2) is 4.39 Å². The maximum Gasteiger partial charge on any atom is 0.148 e. The van der Waals surface area contributed by atoms with Crippen molar-refractivity contribution in [2.24, 2.45) is 0 Å². The molecular weight excluding hydrogens is 295 g/mol. The summed E-state index contributed by atoms with van der Waals surface area (Å²) < 4.78 is 14.3. The SMILES string of the molecule is Nc1c(F)cccc1NCCc1ccccc1Br. The van der Waals surface area contributed by atoms with Crippen molar-refractivity contribution in [2.45, 2.75) is 6.42 Å². The van der Waals surface area contributed by atoms with Gasteiger partial charge in [0.1, 0.15) is 5.82 Å². The van der Waals surface area contributed by atoms with Gasteiger partial charge in [-0.1, -0.05) is 40.2 Å². The summed E-state index contributed by atoms with van der Waals surface area (Å²) in [6.45, 7) is 0.705. The van der Waals surface area contributed by atoms with Gasteiger partial charge in [0.2, 0.25) is 0 Å². The number of benzene rings is 2. The summed E-state index contributed by atoms with van der Waals surface area (Å²) in [5, 5.41) is 3.14. The molecule has 0 saturated carbocycles. The zero-order valence-corrected chi connectivity index (χ0v) is 11.4. The molecule has 0 saturated heterocycles. The standard InChI is InChI=1S/C14H14BrFN2/c15-11-5-2-1-4-10(11)8-9-18-13-7-3-6-12(16)14(13)17/h1-7,18H,8-9,17H2. The van der Waals surface area contributed by atoms with Crippen LogP contribution in [-0.2, 0) is 6.42 Å². The van der Waals surface area contributed by atoms with Gasteiger partial charge in [-0.2, -0.15) is 0 Å². The van der Waals surface area contributed by atoms with Crippen LogP contribution in [0.5, 0.6) is 0 Å². The van der Waals surface area contributed by atoms with E-state index in [9.17, 15) is 4.39 Å². The number of anilines is 2. The van der Waals surface area contributed by atoms with Crippen LogP contribution in [0.25, 0.3) is 0 Å². The molecule has 18 heavy (non-hydrogen) atoms. The summed E-state index contributed by atoms with van der Waals surface area (Å²) in [5.41, 5.74) is 7.67. The van der Waals surface area contributed by atoms with Crippen molar-refractivity contribution < 1.29 is 4.39 Å². The van der Waals surface area contributed by atoms with Gasteiger partial charge in [0.05, 0.1) is 11.4 Å². The highest BCUT2D eigenvalue weighted by Gasteiger charge is 2.04. The Bertz CT molecular complexity index is 543. The van der Waals surface area contributed by atoms with Gasteiger partial charge in [-0.15, -0.1) is 0 Å². The van der Waals surface area contributed by atoms with Crippen molar-refractivity contribution in [1.29, 1.82) is 0 Å². The molecule has 0 radical (unpaired) electrons. The van der Waals surface area contributed by atoms with Crippen LogP contribution >= 0.6 is 15.9 Å². The molecule has 2 nitrogen and oxygen atoms in total. The minimum atomic E-state index is -0.388. The second kappa shape index (κ2) is 5.87. The lowest BCUT2D eigenvalue weighted by atomic mass is 10.1. The Balaban J connectivity index is 1.97. The zero-order valence-electron chi connectivity index (χ0n) is 9.79. The molecule has 0 aliphatic rings. The van der Waals surface area contributed by atoms with Gasteiger partial charge in [0.15, 0.2) is 0 Å². The van der Waals surface area contributed by atoms with E-state index in [4.69, 9.17) is 5.73 Å². The average Bonchev–Trinajstić information content (AvgIpc) is 2.37. The highest BCUT2D eigenvalue weighted by atomic mass is 79.9. The minimum absolute atomic E-state index is 0.171. The lowest BCUT2D eigenvalue weighted by Gasteiger charge is -2.10. The van der Waals surface area contributed by atoms with Crippen molar-refractivity contribution in [2.75, 3.05) is 17.6 Å². The predicted molar refractivity (Wildman–Crippen MR) is 77.1 cm³/mol. The first-order valence-electron chi connectivity index (χ1n) is 5.70. The summed E-state index contributed by atoms with van der Waals surface area (Å²) in [6.07, 6.45) is 0.845. The van der Waals surface area contributed by atoms with Gasteiger partial charge in [-0.3, -0.25) is 0 Å². The van der Waals surface area contributed by atoms with E-state index < -0.39 is 0 Å². The third-order valence-corrected chi connectivity index (χ3v) is 3.49. The third-order valence-electron chi connectivity index (χ3n) is 2.72. The Morgan fingerprint density at radius 2 is 1.89 bits per heavy atom. The molecule has 0 spiro atoms. The van der Waals surface area contributed by atoms with Gasteiger partial charge in [0.25, 0.3) is 0 Å². The van der Waals surface area contributed by atoms with E-state index in [1.54, 1.807) is 12.1 Å². The Morgan fingerprint density at radius 3 is 2.67 bits per heavy atom. The molecule has 2 rings (SSSR count). The first-order valence-corrected chi connectivity index (χ1v) is 6.49. The smallest absolute Gasteiger partial charge is 0.148 e. The summed E-state index contributed by atoms with van der Waals surface area (Å²) in [5.74, 6) is -0.388. The molecule has 0 aliphatic carbocycles. The Hall–Kier alpha value is -1.55. The van der Waals surface area contributed by atoms with Gasteiger partial charge >= 0.3 is 0 Å². The van der Waals surface area contributed by atoms with Crippen LogP contribution in [0.1, 0.15) is 5.56 Å².